The van der Waals surface area contributed by atoms with Crippen LogP contribution in [0.5, 0.6) is 0 Å². The minimum atomic E-state index is -1.23. The number of carboxylic acids is 2. The number of rotatable bonds is 20. The molecule has 0 radical (unpaired) electrons. The van der Waals surface area contributed by atoms with Gasteiger partial charge in [0.05, 0.1) is 6.04 Å². The molecule has 0 aromatic carbocycles. The lowest BCUT2D eigenvalue weighted by Crippen LogP contribution is -2.57. The largest absolute Gasteiger partial charge is 0.481 e. The van der Waals surface area contributed by atoms with Gasteiger partial charge < -0.3 is 54.8 Å². The molecule has 17 nitrogen and oxygen atoms in total. The van der Waals surface area contributed by atoms with Crippen LogP contribution in [0.3, 0.4) is 0 Å². The summed E-state index contributed by atoms with van der Waals surface area (Å²) < 4.78 is 0. The van der Waals surface area contributed by atoms with Gasteiger partial charge >= 0.3 is 11.9 Å². The van der Waals surface area contributed by atoms with Gasteiger partial charge in [0, 0.05) is 19.5 Å². The molecule has 0 heterocycles. The second kappa shape index (κ2) is 19.0. The van der Waals surface area contributed by atoms with Gasteiger partial charge in [-0.25, -0.2) is 4.79 Å². The fourth-order valence-electron chi connectivity index (χ4n) is 3.44. The normalized spacial score (nSPS) is 14.4. The molecule has 228 valence electrons. The first kappa shape index (κ1) is 35.9. The van der Waals surface area contributed by atoms with Gasteiger partial charge in [-0.1, -0.05) is 20.3 Å². The fourth-order valence-corrected chi connectivity index (χ4v) is 3.44. The van der Waals surface area contributed by atoms with E-state index in [1.54, 1.807) is 13.8 Å². The van der Waals surface area contributed by atoms with Crippen molar-refractivity contribution in [2.24, 2.45) is 44.6 Å². The zero-order valence-corrected chi connectivity index (χ0v) is 23.0. The van der Waals surface area contributed by atoms with Gasteiger partial charge in [-0.05, 0) is 38.0 Å². The summed E-state index contributed by atoms with van der Waals surface area (Å²) in [4.78, 5) is 69.1. The number of hydrogen-bond donors (Lipinski definition) is 10. The van der Waals surface area contributed by atoms with Crippen molar-refractivity contribution in [3.8, 4) is 0 Å². The predicted octanol–water partition coefficient (Wildman–Crippen LogP) is -3.13. The number of aliphatic carboxylic acids is 2. The summed E-state index contributed by atoms with van der Waals surface area (Å²) in [7, 11) is 0. The second-order valence-corrected chi connectivity index (χ2v) is 9.27. The summed E-state index contributed by atoms with van der Waals surface area (Å²) >= 11 is 0. The van der Waals surface area contributed by atoms with Gasteiger partial charge in [-0.3, -0.25) is 29.2 Å². The summed E-state index contributed by atoms with van der Waals surface area (Å²) in [5.74, 6) is -5.33. The van der Waals surface area contributed by atoms with Gasteiger partial charge in [-0.2, -0.15) is 0 Å². The number of nitrogens with zero attached hydrogens (tertiary/aromatic N) is 2. The molecule has 5 unspecified atom stereocenters. The maximum absolute atomic E-state index is 13.3. The maximum Gasteiger partial charge on any atom is 0.326 e. The van der Waals surface area contributed by atoms with E-state index in [0.717, 1.165) is 0 Å². The number of carboxylic acid groups (broad SMARTS) is 2. The van der Waals surface area contributed by atoms with Crippen molar-refractivity contribution in [2.45, 2.75) is 83.0 Å². The molecule has 0 spiro atoms. The van der Waals surface area contributed by atoms with Gasteiger partial charge in [0.2, 0.25) is 17.7 Å². The number of carbonyl (C=O) groups excluding carboxylic acids is 3. The fraction of sp³-hybridized carbons (Fsp3) is 0.696. The third-order valence-corrected chi connectivity index (χ3v) is 5.94. The number of amides is 3. The predicted molar refractivity (Wildman–Crippen MR) is 148 cm³/mol. The molecular weight excluding hydrogens is 528 g/mol. The van der Waals surface area contributed by atoms with Gasteiger partial charge in [-0.15, -0.1) is 0 Å². The van der Waals surface area contributed by atoms with Crippen LogP contribution in [0.2, 0.25) is 0 Å². The first-order chi connectivity index (χ1) is 18.7. The van der Waals surface area contributed by atoms with Crippen molar-refractivity contribution in [1.82, 2.24) is 16.0 Å². The van der Waals surface area contributed by atoms with E-state index in [-0.39, 0.29) is 63.5 Å². The van der Waals surface area contributed by atoms with Crippen molar-refractivity contribution >= 4 is 41.6 Å². The van der Waals surface area contributed by atoms with E-state index in [0.29, 0.717) is 6.42 Å². The molecule has 17 heteroatoms. The highest BCUT2D eigenvalue weighted by atomic mass is 16.4. The second-order valence-electron chi connectivity index (χ2n) is 9.27. The standard InChI is InChI=1S/C23H44N10O7/c1-3-12(2)17(21(39)40)33-20(38)15(7-5-11-30-23(27)28)32-19(37)14(6-4-10-29-22(25)26)31-18(36)13(24)8-9-16(34)35/h12-15,17H,3-11,24H2,1-2H3,(H,31,36)(H,32,37)(H,33,38)(H,34,35)(H,39,40)(H4,25,26,29)(H4,27,28,30). The van der Waals surface area contributed by atoms with Crippen LogP contribution in [-0.4, -0.2) is 89.0 Å². The molecule has 0 aliphatic rings. The van der Waals surface area contributed by atoms with Crippen LogP contribution in [0.4, 0.5) is 0 Å². The van der Waals surface area contributed by atoms with Crippen molar-refractivity contribution in [1.29, 1.82) is 0 Å². The molecule has 0 saturated carbocycles. The van der Waals surface area contributed by atoms with E-state index in [9.17, 15) is 29.1 Å². The Morgan fingerprint density at radius 2 is 1.20 bits per heavy atom. The number of guanidine groups is 2. The zero-order chi connectivity index (χ0) is 30.8. The lowest BCUT2D eigenvalue weighted by molar-refractivity contribution is -0.144. The van der Waals surface area contributed by atoms with Crippen molar-refractivity contribution in [3.63, 3.8) is 0 Å². The van der Waals surface area contributed by atoms with Crippen LogP contribution in [0, 0.1) is 5.92 Å². The molecule has 15 N–H and O–H groups in total. The molecule has 0 aromatic heterocycles. The minimum Gasteiger partial charge on any atom is -0.481 e. The number of carbonyl (C=O) groups is 5. The van der Waals surface area contributed by atoms with E-state index in [4.69, 9.17) is 33.8 Å². The lowest BCUT2D eigenvalue weighted by atomic mass is 9.98. The Hall–Kier alpha value is -4.15. The number of hydrogen-bond acceptors (Lipinski definition) is 8. The van der Waals surface area contributed by atoms with Crippen LogP contribution in [0.15, 0.2) is 9.98 Å². The SMILES string of the molecule is CCC(C)C(NC(=O)C(CCCN=C(N)N)NC(=O)C(CCCN=C(N)N)NC(=O)C(N)CCC(=O)O)C(=O)O. The topological polar surface area (TPSA) is 317 Å². The molecule has 0 aliphatic carbocycles. The average Bonchev–Trinajstić information content (AvgIpc) is 2.87. The van der Waals surface area contributed by atoms with Crippen LogP contribution in [0.1, 0.15) is 58.8 Å². The van der Waals surface area contributed by atoms with E-state index < -0.39 is 59.7 Å². The lowest BCUT2D eigenvalue weighted by Gasteiger charge is -2.26. The summed E-state index contributed by atoms with van der Waals surface area (Å²) in [5.41, 5.74) is 27.1. The van der Waals surface area contributed by atoms with Gasteiger partial charge in [0.1, 0.15) is 18.1 Å². The van der Waals surface area contributed by atoms with Crippen LogP contribution in [-0.2, 0) is 24.0 Å². The molecule has 0 bridgehead atoms. The summed E-state index contributed by atoms with van der Waals surface area (Å²) in [6.45, 7) is 3.73. The van der Waals surface area contributed by atoms with Crippen LogP contribution >= 0.6 is 0 Å². The average molecular weight is 573 g/mol. The van der Waals surface area contributed by atoms with Crippen molar-refractivity contribution < 1.29 is 34.2 Å². The Labute approximate surface area is 232 Å². The molecule has 0 saturated heterocycles. The Morgan fingerprint density at radius 3 is 1.60 bits per heavy atom. The highest BCUT2D eigenvalue weighted by Gasteiger charge is 2.31. The Morgan fingerprint density at radius 1 is 0.750 bits per heavy atom. The van der Waals surface area contributed by atoms with E-state index in [1.807, 2.05) is 0 Å². The molecule has 0 rings (SSSR count). The molecule has 3 amide bonds. The summed E-state index contributed by atoms with van der Waals surface area (Å²) in [6, 6.07) is -4.77. The molecule has 0 aliphatic heterocycles. The molecular formula is C23H44N10O7. The molecule has 5 atom stereocenters. The highest BCUT2D eigenvalue weighted by Crippen LogP contribution is 2.10. The smallest absolute Gasteiger partial charge is 0.326 e. The quantitative estimate of drug-likeness (QED) is 0.0393. The summed E-state index contributed by atoms with van der Waals surface area (Å²) in [5, 5.41) is 25.9. The minimum absolute atomic E-state index is 0.0486. The van der Waals surface area contributed by atoms with Gasteiger partial charge in [0.25, 0.3) is 0 Å². The number of nitrogens with two attached hydrogens (primary N) is 5. The first-order valence-electron chi connectivity index (χ1n) is 12.9. The highest BCUT2D eigenvalue weighted by molar-refractivity contribution is 5.94. The summed E-state index contributed by atoms with van der Waals surface area (Å²) in [6.07, 6.45) is 0.586. The van der Waals surface area contributed by atoms with E-state index >= 15 is 0 Å². The third kappa shape index (κ3) is 15.3. The van der Waals surface area contributed by atoms with Gasteiger partial charge in [0.15, 0.2) is 11.9 Å². The zero-order valence-electron chi connectivity index (χ0n) is 23.0. The molecule has 0 fully saturated rings. The first-order valence-corrected chi connectivity index (χ1v) is 12.9. The van der Waals surface area contributed by atoms with E-state index in [1.165, 1.54) is 0 Å². The third-order valence-electron chi connectivity index (χ3n) is 5.94. The van der Waals surface area contributed by atoms with Crippen molar-refractivity contribution in [2.75, 3.05) is 13.1 Å². The van der Waals surface area contributed by atoms with Crippen LogP contribution < -0.4 is 44.6 Å². The monoisotopic (exact) mass is 572 g/mol. The van der Waals surface area contributed by atoms with E-state index in [2.05, 4.69) is 25.9 Å². The Kier molecular flexibility index (Phi) is 17.0. The molecule has 0 aromatic rings. The number of aliphatic imine (C=N–C) groups is 2. The Bertz CT molecular complexity index is 920. The molecule has 40 heavy (non-hydrogen) atoms. The maximum atomic E-state index is 13.3. The van der Waals surface area contributed by atoms with Crippen LogP contribution in [0.25, 0.3) is 0 Å². The van der Waals surface area contributed by atoms with Crippen molar-refractivity contribution in [3.05, 3.63) is 0 Å². The number of nitrogens with one attached hydrogen (secondary N) is 3. The Balaban J connectivity index is 5.81.